The molecule has 0 aromatic rings. The van der Waals surface area contributed by atoms with Crippen LogP contribution in [0.4, 0.5) is 0 Å². The van der Waals surface area contributed by atoms with Crippen molar-refractivity contribution in [3.8, 4) is 0 Å². The molecule has 0 aliphatic carbocycles. The molecular weight excluding hydrogens is 681 g/mol. The molecule has 0 heterocycles. The zero-order valence-electron chi connectivity index (χ0n) is 33.6. The fraction of sp³-hybridized carbons (Fsp3) is 0.951. The van der Waals surface area contributed by atoms with E-state index in [4.69, 9.17) is 19.3 Å². The third-order valence-corrected chi connectivity index (χ3v) is 10.3. The SMILES string of the molecule is CCCCCCCCCCCCCCCCCC(=O)OC(NCCOP(=O)(O)O)[C@H](CO)OC(=O)CCCCCCCCCCCCCCCCC. The first-order chi connectivity index (χ1) is 25.2. The van der Waals surface area contributed by atoms with E-state index in [1.807, 2.05) is 0 Å². The summed E-state index contributed by atoms with van der Waals surface area (Å²) < 4.78 is 26.5. The highest BCUT2D eigenvalue weighted by atomic mass is 31.2. The molecular formula is C41H82NO9P. The van der Waals surface area contributed by atoms with Crippen molar-refractivity contribution in [2.45, 2.75) is 232 Å². The molecule has 1 unspecified atom stereocenters. The number of carbonyl (C=O) groups excluding carboxylic acids is 2. The fourth-order valence-electron chi connectivity index (χ4n) is 6.52. The predicted molar refractivity (Wildman–Crippen MR) is 212 cm³/mol. The molecule has 0 spiro atoms. The highest BCUT2D eigenvalue weighted by Crippen LogP contribution is 2.35. The Morgan fingerprint density at radius 3 is 1.13 bits per heavy atom. The van der Waals surface area contributed by atoms with Gasteiger partial charge in [0.2, 0.25) is 0 Å². The molecule has 0 saturated heterocycles. The zero-order chi connectivity index (χ0) is 38.4. The monoisotopic (exact) mass is 764 g/mol. The smallest absolute Gasteiger partial charge is 0.454 e. The lowest BCUT2D eigenvalue weighted by molar-refractivity contribution is -0.174. The van der Waals surface area contributed by atoms with Crippen molar-refractivity contribution >= 4 is 19.8 Å². The fourth-order valence-corrected chi connectivity index (χ4v) is 6.85. The first kappa shape index (κ1) is 51.0. The second kappa shape index (κ2) is 38.3. The van der Waals surface area contributed by atoms with Crippen LogP contribution in [0.15, 0.2) is 0 Å². The van der Waals surface area contributed by atoms with E-state index in [2.05, 4.69) is 23.7 Å². The Morgan fingerprint density at radius 2 is 0.827 bits per heavy atom. The van der Waals surface area contributed by atoms with E-state index in [0.717, 1.165) is 38.5 Å². The summed E-state index contributed by atoms with van der Waals surface area (Å²) in [6.45, 7) is 3.48. The molecule has 52 heavy (non-hydrogen) atoms. The molecule has 0 amide bonds. The lowest BCUT2D eigenvalue weighted by atomic mass is 10.0. The molecule has 10 nitrogen and oxygen atoms in total. The Morgan fingerprint density at radius 1 is 0.519 bits per heavy atom. The molecule has 0 aromatic heterocycles. The molecule has 0 fully saturated rings. The van der Waals surface area contributed by atoms with Gasteiger partial charge in [0.1, 0.15) is 0 Å². The second-order valence-corrected chi connectivity index (χ2v) is 16.0. The lowest BCUT2D eigenvalue weighted by Crippen LogP contribution is -2.48. The summed E-state index contributed by atoms with van der Waals surface area (Å²) in [7, 11) is -4.66. The van der Waals surface area contributed by atoms with Gasteiger partial charge < -0.3 is 24.4 Å². The van der Waals surface area contributed by atoms with Crippen molar-refractivity contribution in [2.75, 3.05) is 19.8 Å². The van der Waals surface area contributed by atoms with E-state index in [1.54, 1.807) is 0 Å². The van der Waals surface area contributed by atoms with Gasteiger partial charge >= 0.3 is 19.8 Å². The van der Waals surface area contributed by atoms with E-state index >= 15 is 0 Å². The topological polar surface area (TPSA) is 152 Å². The van der Waals surface area contributed by atoms with Gasteiger partial charge in [-0.2, -0.15) is 0 Å². The summed E-state index contributed by atoms with van der Waals surface area (Å²) in [6.07, 6.45) is 34.9. The van der Waals surface area contributed by atoms with Gasteiger partial charge in [-0.3, -0.25) is 19.4 Å². The van der Waals surface area contributed by atoms with E-state index in [0.29, 0.717) is 12.8 Å². The largest absolute Gasteiger partial charge is 0.469 e. The zero-order valence-corrected chi connectivity index (χ0v) is 34.5. The van der Waals surface area contributed by atoms with Crippen LogP contribution in [-0.2, 0) is 28.2 Å². The van der Waals surface area contributed by atoms with Crippen molar-refractivity contribution in [2.24, 2.45) is 0 Å². The van der Waals surface area contributed by atoms with Crippen molar-refractivity contribution in [1.82, 2.24) is 5.32 Å². The number of aliphatic hydroxyl groups excluding tert-OH is 1. The average molecular weight is 764 g/mol. The summed E-state index contributed by atoms with van der Waals surface area (Å²) in [5, 5.41) is 12.8. The Labute approximate surface area is 318 Å². The van der Waals surface area contributed by atoms with Crippen molar-refractivity contribution in [1.29, 1.82) is 0 Å². The number of hydrogen-bond donors (Lipinski definition) is 4. The van der Waals surface area contributed by atoms with Crippen LogP contribution in [0.5, 0.6) is 0 Å². The highest BCUT2D eigenvalue weighted by molar-refractivity contribution is 7.46. The first-order valence-corrected chi connectivity index (χ1v) is 23.2. The van der Waals surface area contributed by atoms with Gasteiger partial charge in [0.25, 0.3) is 0 Å². The van der Waals surface area contributed by atoms with Crippen LogP contribution in [-0.4, -0.2) is 58.9 Å². The quantitative estimate of drug-likeness (QED) is 0.0205. The van der Waals surface area contributed by atoms with Crippen molar-refractivity contribution < 1.29 is 43.0 Å². The minimum atomic E-state index is -4.66. The average Bonchev–Trinajstić information content (AvgIpc) is 3.11. The number of esters is 2. The molecule has 2 atom stereocenters. The van der Waals surface area contributed by atoms with Gasteiger partial charge in [0, 0.05) is 19.4 Å². The van der Waals surface area contributed by atoms with Crippen LogP contribution in [0, 0.1) is 0 Å². The van der Waals surface area contributed by atoms with Gasteiger partial charge in [-0.15, -0.1) is 0 Å². The summed E-state index contributed by atoms with van der Waals surface area (Å²) in [4.78, 5) is 43.2. The molecule has 0 aliphatic rings. The third kappa shape index (κ3) is 37.3. The number of aliphatic hydroxyl groups is 1. The Bertz CT molecular complexity index is 841. The number of rotatable bonds is 41. The number of unbranched alkanes of at least 4 members (excludes halogenated alkanes) is 28. The number of carbonyl (C=O) groups is 2. The van der Waals surface area contributed by atoms with E-state index in [1.165, 1.54) is 141 Å². The van der Waals surface area contributed by atoms with Crippen LogP contribution < -0.4 is 5.32 Å². The normalized spacial score (nSPS) is 12.9. The van der Waals surface area contributed by atoms with E-state index in [-0.39, 0.29) is 26.0 Å². The number of phosphoric ester groups is 1. The molecule has 0 aliphatic heterocycles. The first-order valence-electron chi connectivity index (χ1n) is 21.7. The molecule has 310 valence electrons. The van der Waals surface area contributed by atoms with Gasteiger partial charge in [-0.05, 0) is 12.8 Å². The van der Waals surface area contributed by atoms with Crippen molar-refractivity contribution in [3.05, 3.63) is 0 Å². The van der Waals surface area contributed by atoms with Gasteiger partial charge in [-0.1, -0.05) is 194 Å². The number of ether oxygens (including phenoxy) is 2. The summed E-state index contributed by atoms with van der Waals surface area (Å²) in [5.41, 5.74) is 0. The predicted octanol–water partition coefficient (Wildman–Crippen LogP) is 11.0. The minimum Gasteiger partial charge on any atom is -0.454 e. The molecule has 11 heteroatoms. The Kier molecular flexibility index (Phi) is 37.5. The van der Waals surface area contributed by atoms with E-state index < -0.39 is 38.7 Å². The molecule has 0 bridgehead atoms. The molecule has 0 rings (SSSR count). The molecule has 0 saturated carbocycles. The third-order valence-electron chi connectivity index (χ3n) is 9.73. The van der Waals surface area contributed by atoms with Crippen molar-refractivity contribution in [3.63, 3.8) is 0 Å². The Balaban J connectivity index is 4.25. The van der Waals surface area contributed by atoms with Crippen LogP contribution in [0.2, 0.25) is 0 Å². The maximum Gasteiger partial charge on any atom is 0.469 e. The highest BCUT2D eigenvalue weighted by Gasteiger charge is 2.28. The molecule has 0 aromatic carbocycles. The number of hydrogen-bond acceptors (Lipinski definition) is 8. The minimum absolute atomic E-state index is 0.0882. The lowest BCUT2D eigenvalue weighted by Gasteiger charge is -2.26. The van der Waals surface area contributed by atoms with Crippen LogP contribution in [0.1, 0.15) is 219 Å². The summed E-state index contributed by atoms with van der Waals surface area (Å²) in [5.74, 6) is -0.967. The van der Waals surface area contributed by atoms with Gasteiger partial charge in [-0.25, -0.2) is 4.57 Å². The molecule has 0 radical (unpaired) electrons. The van der Waals surface area contributed by atoms with E-state index in [9.17, 15) is 19.3 Å². The van der Waals surface area contributed by atoms with Gasteiger partial charge in [0.15, 0.2) is 12.3 Å². The number of phosphoric acid groups is 1. The van der Waals surface area contributed by atoms with Crippen LogP contribution in [0.3, 0.4) is 0 Å². The van der Waals surface area contributed by atoms with Crippen LogP contribution in [0.25, 0.3) is 0 Å². The number of nitrogens with one attached hydrogen (secondary N) is 1. The summed E-state index contributed by atoms with van der Waals surface area (Å²) >= 11 is 0. The van der Waals surface area contributed by atoms with Crippen LogP contribution >= 0.6 is 7.82 Å². The second-order valence-electron chi connectivity index (χ2n) is 14.8. The maximum absolute atomic E-state index is 12.7. The standard InChI is InChI=1S/C41H82NO9P/c1-3-5-7-9-11-13-15-17-19-21-23-25-27-29-31-33-39(44)50-38(37-43)41(42-35-36-49-52(46,47)48)51-40(45)34-32-30-28-26-24-22-20-18-16-14-12-10-8-6-4-2/h38,41-43H,3-37H2,1-2H3,(H2,46,47,48)/t38-,41?/m0/s1. The summed E-state index contributed by atoms with van der Waals surface area (Å²) in [6, 6.07) is 0. The maximum atomic E-state index is 12.7. The molecule has 4 N–H and O–H groups in total. The Hall–Kier alpha value is -1.03. The van der Waals surface area contributed by atoms with Gasteiger partial charge in [0.05, 0.1) is 13.2 Å².